The molecule has 160 valence electrons. The molecule has 0 fully saturated rings. The van der Waals surface area contributed by atoms with Crippen LogP contribution in [0.15, 0.2) is 109 Å². The summed E-state index contributed by atoms with van der Waals surface area (Å²) in [6.45, 7) is 2.18. The van der Waals surface area contributed by atoms with Crippen molar-refractivity contribution in [2.75, 3.05) is 0 Å². The maximum Gasteiger partial charge on any atom is 0.278 e. The minimum absolute atomic E-state index is 0.0184. The van der Waals surface area contributed by atoms with Gasteiger partial charge in [0.25, 0.3) is 6.08 Å². The Kier molecular flexibility index (Phi) is 6.91. The second-order valence-corrected chi connectivity index (χ2v) is 7.89. The first kappa shape index (κ1) is 21.7. The largest absolute Gasteiger partial charge is 0.278 e. The summed E-state index contributed by atoms with van der Waals surface area (Å²) < 4.78 is 29.1. The van der Waals surface area contributed by atoms with Gasteiger partial charge in [0.05, 0.1) is 5.57 Å². The Morgan fingerprint density at radius 2 is 1.09 bits per heavy atom. The summed E-state index contributed by atoms with van der Waals surface area (Å²) in [5, 5.41) is 0. The molecule has 0 saturated carbocycles. The van der Waals surface area contributed by atoms with Gasteiger partial charge in [-0.1, -0.05) is 116 Å². The van der Waals surface area contributed by atoms with Gasteiger partial charge >= 0.3 is 0 Å². The summed E-state index contributed by atoms with van der Waals surface area (Å²) in [7, 11) is 0. The summed E-state index contributed by atoms with van der Waals surface area (Å²) >= 11 is 0. The van der Waals surface area contributed by atoms with Crippen molar-refractivity contribution in [2.24, 2.45) is 0 Å². The standard InChI is InChI=1S/C30H26F2/c1-2-3-11-22-18-20-24(21-19-22)26-15-8-10-17-28(26)29(30(31)32)27-16-9-7-14-25(27)23-12-5-4-6-13-23/h4-10,12-21H,2-3,11H2,1H3. The van der Waals surface area contributed by atoms with Crippen molar-refractivity contribution in [3.8, 4) is 22.3 Å². The zero-order valence-electron chi connectivity index (χ0n) is 18.2. The molecule has 2 heteroatoms. The van der Waals surface area contributed by atoms with E-state index in [2.05, 4.69) is 19.1 Å². The molecule has 4 aromatic rings. The number of benzene rings is 4. The highest BCUT2D eigenvalue weighted by Crippen LogP contribution is 2.39. The Labute approximate surface area is 188 Å². The molecular formula is C30H26F2. The van der Waals surface area contributed by atoms with E-state index in [4.69, 9.17) is 0 Å². The lowest BCUT2D eigenvalue weighted by molar-refractivity contribution is 0.426. The minimum atomic E-state index is -1.68. The molecule has 0 aliphatic carbocycles. The predicted molar refractivity (Wildman–Crippen MR) is 131 cm³/mol. The smallest absolute Gasteiger partial charge is 0.173 e. The fourth-order valence-corrected chi connectivity index (χ4v) is 4.10. The van der Waals surface area contributed by atoms with Crippen LogP contribution in [-0.4, -0.2) is 0 Å². The number of rotatable bonds is 7. The normalized spacial score (nSPS) is 10.7. The Bertz CT molecular complexity index is 1200. The second-order valence-electron chi connectivity index (χ2n) is 7.89. The van der Waals surface area contributed by atoms with Gasteiger partial charge in [0.2, 0.25) is 0 Å². The van der Waals surface area contributed by atoms with Gasteiger partial charge in [-0.2, -0.15) is 8.78 Å². The lowest BCUT2D eigenvalue weighted by Gasteiger charge is -2.17. The average molecular weight is 425 g/mol. The lowest BCUT2D eigenvalue weighted by atomic mass is 9.87. The molecule has 0 unspecified atom stereocenters. The highest BCUT2D eigenvalue weighted by atomic mass is 19.3. The van der Waals surface area contributed by atoms with E-state index >= 15 is 0 Å². The number of halogens is 2. The molecule has 0 atom stereocenters. The van der Waals surface area contributed by atoms with E-state index in [1.807, 2.05) is 78.9 Å². The highest BCUT2D eigenvalue weighted by molar-refractivity contribution is 5.94. The first-order valence-corrected chi connectivity index (χ1v) is 11.1. The maximum atomic E-state index is 14.5. The Morgan fingerprint density at radius 1 is 0.594 bits per heavy atom. The van der Waals surface area contributed by atoms with Crippen LogP contribution in [0.5, 0.6) is 0 Å². The summed E-state index contributed by atoms with van der Waals surface area (Å²) in [6, 6.07) is 32.8. The summed E-state index contributed by atoms with van der Waals surface area (Å²) in [5.74, 6) is 0. The minimum Gasteiger partial charge on any atom is -0.173 e. The van der Waals surface area contributed by atoms with Crippen LogP contribution in [0.4, 0.5) is 8.78 Å². The third-order valence-electron chi connectivity index (χ3n) is 5.75. The van der Waals surface area contributed by atoms with Gasteiger partial charge < -0.3 is 0 Å². The van der Waals surface area contributed by atoms with Crippen molar-refractivity contribution >= 4 is 5.57 Å². The summed E-state index contributed by atoms with van der Waals surface area (Å²) in [6.07, 6.45) is 1.65. The van der Waals surface area contributed by atoms with Crippen LogP contribution in [0.25, 0.3) is 27.8 Å². The van der Waals surface area contributed by atoms with E-state index in [9.17, 15) is 8.78 Å². The first-order valence-electron chi connectivity index (χ1n) is 11.1. The molecular weight excluding hydrogens is 398 g/mol. The van der Waals surface area contributed by atoms with E-state index < -0.39 is 6.08 Å². The molecule has 0 N–H and O–H groups in total. The first-order chi connectivity index (χ1) is 15.7. The molecule has 0 radical (unpaired) electrons. The predicted octanol–water partition coefficient (Wildman–Crippen LogP) is 9.02. The summed E-state index contributed by atoms with van der Waals surface area (Å²) in [4.78, 5) is 0. The molecule has 0 saturated heterocycles. The molecule has 0 spiro atoms. The molecule has 0 heterocycles. The van der Waals surface area contributed by atoms with E-state index in [1.165, 1.54) is 5.56 Å². The second kappa shape index (κ2) is 10.2. The van der Waals surface area contributed by atoms with E-state index in [1.54, 1.807) is 12.1 Å². The van der Waals surface area contributed by atoms with Crippen LogP contribution < -0.4 is 0 Å². The topological polar surface area (TPSA) is 0 Å². The zero-order valence-corrected chi connectivity index (χ0v) is 18.2. The summed E-state index contributed by atoms with van der Waals surface area (Å²) in [5.41, 5.74) is 5.78. The van der Waals surface area contributed by atoms with Gasteiger partial charge in [-0.3, -0.25) is 0 Å². The van der Waals surface area contributed by atoms with Gasteiger partial charge in [-0.15, -0.1) is 0 Å². The third kappa shape index (κ3) is 4.70. The van der Waals surface area contributed by atoms with Gasteiger partial charge in [0.1, 0.15) is 0 Å². The van der Waals surface area contributed by atoms with Crippen molar-refractivity contribution in [3.63, 3.8) is 0 Å². The molecule has 0 nitrogen and oxygen atoms in total. The van der Waals surface area contributed by atoms with Crippen molar-refractivity contribution in [3.05, 3.63) is 126 Å². The highest BCUT2D eigenvalue weighted by Gasteiger charge is 2.19. The van der Waals surface area contributed by atoms with Crippen LogP contribution in [0.1, 0.15) is 36.5 Å². The molecule has 0 aliphatic heterocycles. The Hall–Kier alpha value is -3.52. The molecule has 0 bridgehead atoms. The molecule has 4 aromatic carbocycles. The van der Waals surface area contributed by atoms with Crippen LogP contribution >= 0.6 is 0 Å². The quantitative estimate of drug-likeness (QED) is 0.278. The van der Waals surface area contributed by atoms with Gasteiger partial charge in [0.15, 0.2) is 0 Å². The fraction of sp³-hybridized carbons (Fsp3) is 0.133. The molecule has 32 heavy (non-hydrogen) atoms. The van der Waals surface area contributed by atoms with Crippen molar-refractivity contribution in [1.82, 2.24) is 0 Å². The lowest BCUT2D eigenvalue weighted by Crippen LogP contribution is -1.96. The van der Waals surface area contributed by atoms with Crippen molar-refractivity contribution in [1.29, 1.82) is 0 Å². The monoisotopic (exact) mass is 424 g/mol. The van der Waals surface area contributed by atoms with Crippen LogP contribution in [-0.2, 0) is 6.42 Å². The Morgan fingerprint density at radius 3 is 1.62 bits per heavy atom. The van der Waals surface area contributed by atoms with Crippen LogP contribution in [0.2, 0.25) is 0 Å². The SMILES string of the molecule is CCCCc1ccc(-c2ccccc2C(=C(F)F)c2ccccc2-c2ccccc2)cc1. The molecule has 0 aromatic heterocycles. The molecule has 0 amide bonds. The number of aryl methyl sites for hydroxylation is 1. The molecule has 0 aliphatic rings. The van der Waals surface area contributed by atoms with Crippen LogP contribution in [0.3, 0.4) is 0 Å². The van der Waals surface area contributed by atoms with Crippen LogP contribution in [0, 0.1) is 0 Å². The van der Waals surface area contributed by atoms with E-state index in [0.29, 0.717) is 11.1 Å². The Balaban J connectivity index is 1.83. The average Bonchev–Trinajstić information content (AvgIpc) is 2.84. The van der Waals surface area contributed by atoms with Gasteiger partial charge in [-0.05, 0) is 51.8 Å². The molecule has 4 rings (SSSR count). The number of hydrogen-bond donors (Lipinski definition) is 0. The number of unbranched alkanes of at least 4 members (excludes halogenated alkanes) is 1. The maximum absolute atomic E-state index is 14.5. The van der Waals surface area contributed by atoms with Crippen molar-refractivity contribution < 1.29 is 8.78 Å². The zero-order chi connectivity index (χ0) is 22.3. The van der Waals surface area contributed by atoms with Crippen molar-refractivity contribution in [2.45, 2.75) is 26.2 Å². The number of hydrogen-bond acceptors (Lipinski definition) is 0. The fourth-order valence-electron chi connectivity index (χ4n) is 4.10. The van der Waals surface area contributed by atoms with Gasteiger partial charge in [0, 0.05) is 0 Å². The third-order valence-corrected chi connectivity index (χ3v) is 5.75. The van der Waals surface area contributed by atoms with Gasteiger partial charge in [-0.25, -0.2) is 0 Å². The van der Waals surface area contributed by atoms with E-state index in [0.717, 1.165) is 41.5 Å². The van der Waals surface area contributed by atoms with E-state index in [-0.39, 0.29) is 5.57 Å².